The van der Waals surface area contributed by atoms with Crippen molar-refractivity contribution in [1.82, 2.24) is 10.2 Å². The third-order valence-corrected chi connectivity index (χ3v) is 5.39. The van der Waals surface area contributed by atoms with Crippen LogP contribution < -0.4 is 5.32 Å². The lowest BCUT2D eigenvalue weighted by molar-refractivity contribution is -0.148. The molecule has 0 aromatic heterocycles. The van der Waals surface area contributed by atoms with Crippen LogP contribution in [0.5, 0.6) is 0 Å². The summed E-state index contributed by atoms with van der Waals surface area (Å²) < 4.78 is 0. The number of allylic oxidation sites excluding steroid dienone is 1. The molecule has 2 amide bonds. The van der Waals surface area contributed by atoms with Crippen molar-refractivity contribution in [2.45, 2.75) is 50.4 Å². The van der Waals surface area contributed by atoms with Gasteiger partial charge >= 0.3 is 5.97 Å². The number of nitrogens with zero attached hydrogens (tertiary/aromatic N) is 1. The minimum Gasteiger partial charge on any atom is -0.480 e. The van der Waals surface area contributed by atoms with Gasteiger partial charge in [0.2, 0.25) is 11.8 Å². The molecule has 1 heterocycles. The highest BCUT2D eigenvalue weighted by atomic mass is 32.2. The lowest BCUT2D eigenvalue weighted by atomic mass is 10.1. The van der Waals surface area contributed by atoms with Gasteiger partial charge in [-0.2, -0.15) is 0 Å². The molecule has 0 unspecified atom stereocenters. The Bertz CT molecular complexity index is 765. The Hall–Kier alpha value is -2.61. The Labute approximate surface area is 168 Å². The lowest BCUT2D eigenvalue weighted by Crippen LogP contribution is -2.52. The maximum Gasteiger partial charge on any atom is 0.326 e. The number of carboxylic acid groups (broad SMARTS) is 1. The molecule has 150 valence electrons. The number of hydrogen-bond donors (Lipinski definition) is 2. The summed E-state index contributed by atoms with van der Waals surface area (Å²) >= 11 is 0.924. The highest BCUT2D eigenvalue weighted by molar-refractivity contribution is 8.14. The summed E-state index contributed by atoms with van der Waals surface area (Å²) in [5, 5.41) is 11.1. The van der Waals surface area contributed by atoms with Crippen molar-refractivity contribution in [2.24, 2.45) is 0 Å². The summed E-state index contributed by atoms with van der Waals surface area (Å²) in [6.07, 6.45) is 4.43. The second kappa shape index (κ2) is 10.1. The van der Waals surface area contributed by atoms with Gasteiger partial charge in [0.15, 0.2) is 5.12 Å². The third-order valence-electron chi connectivity index (χ3n) is 4.40. The fourth-order valence-electron chi connectivity index (χ4n) is 2.88. The van der Waals surface area contributed by atoms with Crippen molar-refractivity contribution in [3.63, 3.8) is 0 Å². The molecule has 1 aromatic carbocycles. The highest BCUT2D eigenvalue weighted by Crippen LogP contribution is 2.20. The van der Waals surface area contributed by atoms with Crippen molar-refractivity contribution in [3.05, 3.63) is 48.2 Å². The first-order valence-electron chi connectivity index (χ1n) is 9.02. The first-order valence-corrected chi connectivity index (χ1v) is 9.90. The first-order chi connectivity index (χ1) is 13.3. The molecule has 1 aromatic rings. The molecule has 0 fully saturated rings. The largest absolute Gasteiger partial charge is 0.480 e. The number of hydrogen-bond acceptors (Lipinski definition) is 5. The Morgan fingerprint density at radius 2 is 1.96 bits per heavy atom. The monoisotopic (exact) mass is 404 g/mol. The zero-order valence-electron chi connectivity index (χ0n) is 15.8. The van der Waals surface area contributed by atoms with Crippen molar-refractivity contribution in [1.29, 1.82) is 0 Å². The van der Waals surface area contributed by atoms with Crippen molar-refractivity contribution < 1.29 is 24.3 Å². The quantitative estimate of drug-likeness (QED) is 0.720. The van der Waals surface area contributed by atoms with Gasteiger partial charge in [-0.3, -0.25) is 14.4 Å². The zero-order valence-corrected chi connectivity index (χ0v) is 16.6. The highest BCUT2D eigenvalue weighted by Gasteiger charge is 2.33. The number of carbonyl (C=O) groups excluding carboxylic acids is 3. The van der Waals surface area contributed by atoms with Gasteiger partial charge in [0, 0.05) is 13.1 Å². The van der Waals surface area contributed by atoms with E-state index in [0.29, 0.717) is 19.3 Å². The van der Waals surface area contributed by atoms with Gasteiger partial charge < -0.3 is 15.3 Å². The van der Waals surface area contributed by atoms with Crippen LogP contribution in [-0.2, 0) is 25.6 Å². The third kappa shape index (κ3) is 5.95. The minimum absolute atomic E-state index is 0.189. The van der Waals surface area contributed by atoms with E-state index in [-0.39, 0.29) is 5.12 Å². The molecule has 0 bridgehead atoms. The van der Waals surface area contributed by atoms with E-state index >= 15 is 0 Å². The molecule has 3 atom stereocenters. The van der Waals surface area contributed by atoms with E-state index in [2.05, 4.69) is 5.32 Å². The van der Waals surface area contributed by atoms with Crippen LogP contribution in [0, 0.1) is 0 Å². The molecule has 0 aliphatic carbocycles. The van der Waals surface area contributed by atoms with Crippen LogP contribution in [0.1, 0.15) is 32.3 Å². The fraction of sp³-hybridized carbons (Fsp3) is 0.400. The average molecular weight is 404 g/mol. The van der Waals surface area contributed by atoms with Crippen LogP contribution in [0.4, 0.5) is 0 Å². The summed E-state index contributed by atoms with van der Waals surface area (Å²) in [7, 11) is 0. The second-order valence-corrected chi connectivity index (χ2v) is 7.95. The number of rotatable bonds is 7. The molecule has 2 rings (SSSR count). The zero-order chi connectivity index (χ0) is 20.7. The maximum atomic E-state index is 12.8. The molecule has 1 aliphatic rings. The van der Waals surface area contributed by atoms with Gasteiger partial charge in [0.25, 0.3) is 0 Å². The van der Waals surface area contributed by atoms with E-state index in [0.717, 1.165) is 22.2 Å². The Morgan fingerprint density at radius 1 is 1.29 bits per heavy atom. The molecule has 0 spiro atoms. The molecule has 7 nitrogen and oxygen atoms in total. The van der Waals surface area contributed by atoms with Crippen molar-refractivity contribution >= 4 is 34.7 Å². The number of nitrogens with one attached hydrogen (secondary N) is 1. The number of thioether (sulfide) groups is 1. The van der Waals surface area contributed by atoms with Gasteiger partial charge in [-0.15, -0.1) is 0 Å². The lowest BCUT2D eigenvalue weighted by Gasteiger charge is -2.27. The summed E-state index contributed by atoms with van der Waals surface area (Å²) in [4.78, 5) is 49.6. The predicted octanol–water partition coefficient (Wildman–Crippen LogP) is 1.97. The van der Waals surface area contributed by atoms with Crippen LogP contribution in [0.3, 0.4) is 0 Å². The topological polar surface area (TPSA) is 104 Å². The molecule has 28 heavy (non-hydrogen) atoms. The van der Waals surface area contributed by atoms with E-state index in [1.165, 1.54) is 20.0 Å². The molecule has 2 N–H and O–H groups in total. The number of carboxylic acids is 1. The maximum absolute atomic E-state index is 12.8. The fourth-order valence-corrected chi connectivity index (χ4v) is 3.73. The Morgan fingerprint density at radius 3 is 2.57 bits per heavy atom. The Balaban J connectivity index is 2.13. The number of benzene rings is 1. The van der Waals surface area contributed by atoms with E-state index < -0.39 is 35.1 Å². The van der Waals surface area contributed by atoms with Crippen LogP contribution in [-0.4, -0.2) is 50.2 Å². The number of carbonyl (C=O) groups is 4. The predicted molar refractivity (Wildman–Crippen MR) is 106 cm³/mol. The van der Waals surface area contributed by atoms with Gasteiger partial charge in [-0.05, 0) is 31.7 Å². The minimum atomic E-state index is -1.13. The molecular formula is C20H24N2O5S. The SMILES string of the molecule is CC(=O)S[C@H](Cc1ccccc1)C(=O)N[C@@H]1CCC=CN([C@@H](C)C(=O)O)C1=O. The molecule has 8 heteroatoms. The van der Waals surface area contributed by atoms with Crippen LogP contribution >= 0.6 is 11.8 Å². The van der Waals surface area contributed by atoms with E-state index in [1.54, 1.807) is 6.08 Å². The molecular weight excluding hydrogens is 380 g/mol. The van der Waals surface area contributed by atoms with Gasteiger partial charge in [-0.25, -0.2) is 4.79 Å². The van der Waals surface area contributed by atoms with E-state index in [1.807, 2.05) is 30.3 Å². The summed E-state index contributed by atoms with van der Waals surface area (Å²) in [6.45, 7) is 2.81. The van der Waals surface area contributed by atoms with Crippen molar-refractivity contribution in [2.75, 3.05) is 0 Å². The van der Waals surface area contributed by atoms with Gasteiger partial charge in [0.1, 0.15) is 12.1 Å². The second-order valence-electron chi connectivity index (χ2n) is 6.57. The van der Waals surface area contributed by atoms with Crippen LogP contribution in [0.2, 0.25) is 0 Å². The Kier molecular flexibility index (Phi) is 7.80. The van der Waals surface area contributed by atoms with E-state index in [9.17, 15) is 24.3 Å². The number of aliphatic carboxylic acids is 1. The summed E-state index contributed by atoms with van der Waals surface area (Å²) in [6, 6.07) is 7.45. The number of amides is 2. The van der Waals surface area contributed by atoms with Crippen LogP contribution in [0.15, 0.2) is 42.6 Å². The van der Waals surface area contributed by atoms with E-state index in [4.69, 9.17) is 0 Å². The first kappa shape index (κ1) is 21.7. The standard InChI is InChI=1S/C20H24N2O5S/c1-13(20(26)27)22-11-7-6-10-16(19(22)25)21-18(24)17(28-14(2)23)12-15-8-4-3-5-9-15/h3-5,7-9,11,13,16-17H,6,10,12H2,1-2H3,(H,21,24)(H,26,27)/t13-,16+,17+/m0/s1. The smallest absolute Gasteiger partial charge is 0.326 e. The van der Waals surface area contributed by atoms with Crippen molar-refractivity contribution in [3.8, 4) is 0 Å². The average Bonchev–Trinajstić information content (AvgIpc) is 2.83. The molecule has 1 aliphatic heterocycles. The molecule has 0 saturated heterocycles. The van der Waals surface area contributed by atoms with Crippen LogP contribution in [0.25, 0.3) is 0 Å². The molecule has 0 saturated carbocycles. The summed E-state index contributed by atoms with van der Waals surface area (Å²) in [5.74, 6) is -2.01. The van der Waals surface area contributed by atoms with Gasteiger partial charge in [-0.1, -0.05) is 48.2 Å². The summed E-state index contributed by atoms with van der Waals surface area (Å²) in [5.41, 5.74) is 0.909. The normalized spacial score (nSPS) is 18.9. The molecule has 0 radical (unpaired) electrons. The van der Waals surface area contributed by atoms with Gasteiger partial charge in [0.05, 0.1) is 5.25 Å².